The lowest BCUT2D eigenvalue weighted by Crippen LogP contribution is -2.28. The number of halogens is 6. The average Bonchev–Trinajstić information content (AvgIpc) is 2.34. The fourth-order valence-electron chi connectivity index (χ4n) is 1.61. The molecule has 0 aromatic heterocycles. The Hall–Kier alpha value is -2.06. The molecule has 0 heterocycles. The molecule has 1 amide bonds. The molecule has 122 valence electrons. The Labute approximate surface area is 121 Å². The largest absolute Gasteiger partial charge is 0.416 e. The zero-order valence-electron chi connectivity index (χ0n) is 11.5. The Bertz CT molecular complexity index is 559. The van der Waals surface area contributed by atoms with Crippen molar-refractivity contribution in [3.8, 4) is 0 Å². The van der Waals surface area contributed by atoms with Gasteiger partial charge in [-0.15, -0.1) is 0 Å². The number of amides is 1. The van der Waals surface area contributed by atoms with Crippen LogP contribution in [0.1, 0.15) is 24.5 Å². The Morgan fingerprint density at radius 1 is 0.955 bits per heavy atom. The molecule has 22 heavy (non-hydrogen) atoms. The second-order valence-electron chi connectivity index (χ2n) is 4.60. The minimum Gasteiger partial charge on any atom is -0.315 e. The van der Waals surface area contributed by atoms with E-state index in [0.29, 0.717) is 17.0 Å². The molecular formula is C13H11F6NO2. The number of anilines is 1. The van der Waals surface area contributed by atoms with Crippen LogP contribution >= 0.6 is 0 Å². The molecule has 0 N–H and O–H groups in total. The van der Waals surface area contributed by atoms with Gasteiger partial charge in [0.05, 0.1) is 17.5 Å². The molecule has 9 heteroatoms. The fraction of sp³-hybridized carbons (Fsp3) is 0.385. The number of alkyl halides is 6. The van der Waals surface area contributed by atoms with Gasteiger partial charge in [0.2, 0.25) is 5.91 Å². The summed E-state index contributed by atoms with van der Waals surface area (Å²) in [7, 11) is 1.00. The summed E-state index contributed by atoms with van der Waals surface area (Å²) < 4.78 is 76.1. The molecule has 0 atom stereocenters. The van der Waals surface area contributed by atoms with Crippen LogP contribution in [0.3, 0.4) is 0 Å². The SMILES string of the molecule is CC(=O)CC(=O)N(C)c1cc(C(F)(F)F)cc(C(F)(F)F)c1. The number of nitrogens with zero attached hydrogens (tertiary/aromatic N) is 1. The maximum absolute atomic E-state index is 12.7. The van der Waals surface area contributed by atoms with Crippen molar-refractivity contribution in [3.05, 3.63) is 29.3 Å². The predicted octanol–water partition coefficient (Wildman–Crippen LogP) is 3.67. The zero-order valence-corrected chi connectivity index (χ0v) is 11.5. The molecule has 0 aliphatic carbocycles. The number of carbonyl (C=O) groups is 2. The maximum atomic E-state index is 12.7. The van der Waals surface area contributed by atoms with Gasteiger partial charge in [-0.1, -0.05) is 0 Å². The first-order valence-electron chi connectivity index (χ1n) is 5.88. The van der Waals surface area contributed by atoms with Crippen LogP contribution < -0.4 is 4.90 Å². The van der Waals surface area contributed by atoms with Crippen LogP contribution in [-0.2, 0) is 21.9 Å². The highest BCUT2D eigenvalue weighted by atomic mass is 19.4. The van der Waals surface area contributed by atoms with Crippen molar-refractivity contribution in [1.29, 1.82) is 0 Å². The summed E-state index contributed by atoms with van der Waals surface area (Å²) in [6, 6.07) is 0.813. The highest BCUT2D eigenvalue weighted by molar-refractivity contribution is 6.04. The van der Waals surface area contributed by atoms with Crippen molar-refractivity contribution in [2.24, 2.45) is 0 Å². The van der Waals surface area contributed by atoms with Gasteiger partial charge in [-0.05, 0) is 25.1 Å². The van der Waals surface area contributed by atoms with Gasteiger partial charge in [0.25, 0.3) is 0 Å². The van der Waals surface area contributed by atoms with Gasteiger partial charge >= 0.3 is 12.4 Å². The number of benzene rings is 1. The number of ketones is 1. The number of carbonyl (C=O) groups excluding carboxylic acids is 2. The standard InChI is InChI=1S/C13H11F6NO2/c1-7(21)3-11(22)20(2)10-5-8(12(14,15)16)4-9(6-10)13(17,18)19/h4-6H,3H2,1-2H3. The molecule has 0 aliphatic rings. The second-order valence-corrected chi connectivity index (χ2v) is 4.60. The molecular weight excluding hydrogens is 316 g/mol. The molecule has 3 nitrogen and oxygen atoms in total. The molecule has 0 fully saturated rings. The van der Waals surface area contributed by atoms with E-state index in [1.807, 2.05) is 0 Å². The number of hydrogen-bond acceptors (Lipinski definition) is 2. The summed E-state index contributed by atoms with van der Waals surface area (Å²) in [6.07, 6.45) is -10.6. The van der Waals surface area contributed by atoms with Crippen molar-refractivity contribution in [2.45, 2.75) is 25.7 Å². The summed E-state index contributed by atoms with van der Waals surface area (Å²) in [6.45, 7) is 1.08. The van der Waals surface area contributed by atoms with E-state index in [4.69, 9.17) is 0 Å². The van der Waals surface area contributed by atoms with E-state index >= 15 is 0 Å². The van der Waals surface area contributed by atoms with Crippen molar-refractivity contribution >= 4 is 17.4 Å². The maximum Gasteiger partial charge on any atom is 0.416 e. The van der Waals surface area contributed by atoms with E-state index in [1.54, 1.807) is 0 Å². The van der Waals surface area contributed by atoms with Gasteiger partial charge in [-0.2, -0.15) is 26.3 Å². The monoisotopic (exact) mass is 327 g/mol. The molecule has 0 aliphatic heterocycles. The number of hydrogen-bond donors (Lipinski definition) is 0. The minimum absolute atomic E-state index is 0.0349. The van der Waals surface area contributed by atoms with Crippen LogP contribution in [0.25, 0.3) is 0 Å². The lowest BCUT2D eigenvalue weighted by Gasteiger charge is -2.20. The van der Waals surface area contributed by atoms with Crippen molar-refractivity contribution in [3.63, 3.8) is 0 Å². The molecule has 0 unspecified atom stereocenters. The second kappa shape index (κ2) is 5.98. The Morgan fingerprint density at radius 3 is 1.68 bits per heavy atom. The predicted molar refractivity (Wildman–Crippen MR) is 65.2 cm³/mol. The highest BCUT2D eigenvalue weighted by Gasteiger charge is 2.37. The van der Waals surface area contributed by atoms with Crippen LogP contribution in [-0.4, -0.2) is 18.7 Å². The first kappa shape index (κ1) is 18.0. The van der Waals surface area contributed by atoms with E-state index in [1.165, 1.54) is 0 Å². The fourth-order valence-corrected chi connectivity index (χ4v) is 1.61. The van der Waals surface area contributed by atoms with Crippen molar-refractivity contribution in [1.82, 2.24) is 0 Å². The molecule has 0 radical (unpaired) electrons. The first-order valence-corrected chi connectivity index (χ1v) is 5.88. The van der Waals surface area contributed by atoms with Crippen molar-refractivity contribution < 1.29 is 35.9 Å². The molecule has 1 rings (SSSR count). The first-order chi connectivity index (χ1) is 9.82. The van der Waals surface area contributed by atoms with Crippen LogP contribution in [0, 0.1) is 0 Å². The summed E-state index contributed by atoms with van der Waals surface area (Å²) in [5.74, 6) is -1.46. The van der Waals surface area contributed by atoms with Gasteiger partial charge in [-0.3, -0.25) is 9.59 Å². The third-order valence-electron chi connectivity index (χ3n) is 2.73. The topological polar surface area (TPSA) is 37.4 Å². The Kier molecular flexibility index (Phi) is 4.89. The van der Waals surface area contributed by atoms with E-state index in [2.05, 4.69) is 0 Å². The number of rotatable bonds is 3. The summed E-state index contributed by atoms with van der Waals surface area (Å²) >= 11 is 0. The molecule has 1 aromatic rings. The Balaban J connectivity index is 3.35. The van der Waals surface area contributed by atoms with Crippen molar-refractivity contribution in [2.75, 3.05) is 11.9 Å². The molecule has 1 aromatic carbocycles. The minimum atomic E-state index is -5.00. The normalized spacial score (nSPS) is 12.2. The summed E-state index contributed by atoms with van der Waals surface area (Å²) in [4.78, 5) is 23.0. The van der Waals surface area contributed by atoms with Crippen LogP contribution in [0.15, 0.2) is 18.2 Å². The lowest BCUT2D eigenvalue weighted by atomic mass is 10.1. The third-order valence-corrected chi connectivity index (χ3v) is 2.73. The van der Waals surface area contributed by atoms with E-state index < -0.39 is 47.3 Å². The smallest absolute Gasteiger partial charge is 0.315 e. The molecule has 0 spiro atoms. The van der Waals surface area contributed by atoms with Gasteiger partial charge in [0, 0.05) is 12.7 Å². The van der Waals surface area contributed by atoms with Crippen LogP contribution in [0.2, 0.25) is 0 Å². The van der Waals surface area contributed by atoms with Crippen LogP contribution in [0.4, 0.5) is 32.0 Å². The van der Waals surface area contributed by atoms with Gasteiger partial charge < -0.3 is 4.90 Å². The van der Waals surface area contributed by atoms with Gasteiger partial charge in [0.1, 0.15) is 5.78 Å². The van der Waals surface area contributed by atoms with E-state index in [-0.39, 0.29) is 6.07 Å². The lowest BCUT2D eigenvalue weighted by molar-refractivity contribution is -0.143. The molecule has 0 bridgehead atoms. The van der Waals surface area contributed by atoms with E-state index in [9.17, 15) is 35.9 Å². The summed E-state index contributed by atoms with van der Waals surface area (Å²) in [5.41, 5.74) is -3.65. The highest BCUT2D eigenvalue weighted by Crippen LogP contribution is 2.38. The van der Waals surface area contributed by atoms with Crippen LogP contribution in [0.5, 0.6) is 0 Å². The Morgan fingerprint density at radius 2 is 1.36 bits per heavy atom. The number of Topliss-reactive ketones (excluding diaryl/α,β-unsaturated/α-hetero) is 1. The molecule has 0 saturated heterocycles. The van der Waals surface area contributed by atoms with E-state index in [0.717, 1.165) is 14.0 Å². The molecule has 0 saturated carbocycles. The van der Waals surface area contributed by atoms with Gasteiger partial charge in [-0.25, -0.2) is 0 Å². The quantitative estimate of drug-likeness (QED) is 0.627. The van der Waals surface area contributed by atoms with Gasteiger partial charge in [0.15, 0.2) is 0 Å². The third kappa shape index (κ3) is 4.47. The average molecular weight is 327 g/mol. The zero-order chi connectivity index (χ0) is 17.3. The summed E-state index contributed by atoms with van der Waals surface area (Å²) in [5, 5.41) is 0.